The maximum atomic E-state index is 11.5. The van der Waals surface area contributed by atoms with E-state index in [-0.39, 0.29) is 15.6 Å². The monoisotopic (exact) mass is 324 g/mol. The van der Waals surface area contributed by atoms with Crippen LogP contribution in [0.15, 0.2) is 36.4 Å². The van der Waals surface area contributed by atoms with Gasteiger partial charge in [0.2, 0.25) is 0 Å². The summed E-state index contributed by atoms with van der Waals surface area (Å²) >= 11 is 12.2. The van der Waals surface area contributed by atoms with Crippen molar-refractivity contribution in [1.82, 2.24) is 0 Å². The molecule has 2 aromatic carbocycles. The molecule has 3 nitrogen and oxygen atoms in total. The van der Waals surface area contributed by atoms with E-state index < -0.39 is 5.97 Å². The number of esters is 1. The molecule has 21 heavy (non-hydrogen) atoms. The van der Waals surface area contributed by atoms with Crippen molar-refractivity contribution in [3.63, 3.8) is 0 Å². The highest BCUT2D eigenvalue weighted by molar-refractivity contribution is 6.37. The summed E-state index contributed by atoms with van der Waals surface area (Å²) in [6.45, 7) is 2.36. The van der Waals surface area contributed by atoms with E-state index >= 15 is 0 Å². The quantitative estimate of drug-likeness (QED) is 0.767. The zero-order valence-electron chi connectivity index (χ0n) is 11.7. The molecule has 0 aliphatic heterocycles. The SMILES string of the molecule is COC(=O)c1cc(Cl)c(OCc2ccc(C)cc2)c(Cl)c1. The highest BCUT2D eigenvalue weighted by Crippen LogP contribution is 2.35. The number of hydrogen-bond acceptors (Lipinski definition) is 3. The van der Waals surface area contributed by atoms with E-state index in [0.717, 1.165) is 5.56 Å². The van der Waals surface area contributed by atoms with Crippen molar-refractivity contribution in [2.45, 2.75) is 13.5 Å². The van der Waals surface area contributed by atoms with Crippen molar-refractivity contribution in [3.8, 4) is 5.75 Å². The smallest absolute Gasteiger partial charge is 0.337 e. The molecule has 0 aliphatic rings. The molecular formula is C16H14Cl2O3. The number of ether oxygens (including phenoxy) is 2. The van der Waals surface area contributed by atoms with Crippen LogP contribution >= 0.6 is 23.2 Å². The summed E-state index contributed by atoms with van der Waals surface area (Å²) in [6.07, 6.45) is 0. The Hall–Kier alpha value is -1.71. The highest BCUT2D eigenvalue weighted by Gasteiger charge is 2.14. The zero-order valence-corrected chi connectivity index (χ0v) is 13.2. The molecule has 2 aromatic rings. The van der Waals surface area contributed by atoms with E-state index in [0.29, 0.717) is 12.4 Å². The van der Waals surface area contributed by atoms with E-state index in [9.17, 15) is 4.79 Å². The molecule has 110 valence electrons. The molecule has 0 saturated heterocycles. The third kappa shape index (κ3) is 3.90. The van der Waals surface area contributed by atoms with Crippen molar-refractivity contribution in [3.05, 3.63) is 63.1 Å². The van der Waals surface area contributed by atoms with E-state index in [4.69, 9.17) is 27.9 Å². The molecule has 0 spiro atoms. The molecule has 0 saturated carbocycles. The average molecular weight is 325 g/mol. The van der Waals surface area contributed by atoms with Crippen LogP contribution < -0.4 is 4.74 Å². The minimum absolute atomic E-state index is 0.273. The van der Waals surface area contributed by atoms with Crippen molar-refractivity contribution >= 4 is 29.2 Å². The van der Waals surface area contributed by atoms with Gasteiger partial charge in [-0.15, -0.1) is 0 Å². The predicted molar refractivity (Wildman–Crippen MR) is 83.3 cm³/mol. The van der Waals surface area contributed by atoms with Gasteiger partial charge in [0.25, 0.3) is 0 Å². The Kier molecular flexibility index (Phi) is 5.10. The lowest BCUT2D eigenvalue weighted by Crippen LogP contribution is -2.03. The van der Waals surface area contributed by atoms with E-state index in [1.165, 1.54) is 24.8 Å². The van der Waals surface area contributed by atoms with Gasteiger partial charge in [-0.25, -0.2) is 4.79 Å². The minimum Gasteiger partial charge on any atom is -0.486 e. The summed E-state index contributed by atoms with van der Waals surface area (Å²) in [5.74, 6) is -0.143. The first-order valence-electron chi connectivity index (χ1n) is 6.27. The minimum atomic E-state index is -0.496. The van der Waals surface area contributed by atoms with Crippen molar-refractivity contribution in [2.24, 2.45) is 0 Å². The Morgan fingerprint density at radius 2 is 1.67 bits per heavy atom. The second-order valence-electron chi connectivity index (χ2n) is 4.53. The average Bonchev–Trinajstić information content (AvgIpc) is 2.47. The maximum absolute atomic E-state index is 11.5. The topological polar surface area (TPSA) is 35.5 Å². The lowest BCUT2D eigenvalue weighted by atomic mass is 10.2. The Labute approximate surface area is 133 Å². The summed E-state index contributed by atoms with van der Waals surface area (Å²) < 4.78 is 10.3. The Morgan fingerprint density at radius 1 is 1.10 bits per heavy atom. The number of rotatable bonds is 4. The zero-order chi connectivity index (χ0) is 15.4. The first-order valence-corrected chi connectivity index (χ1v) is 7.02. The van der Waals surface area contributed by atoms with Crippen LogP contribution in [-0.4, -0.2) is 13.1 Å². The number of benzene rings is 2. The molecule has 0 aromatic heterocycles. The molecule has 0 aliphatic carbocycles. The molecule has 0 heterocycles. The van der Waals surface area contributed by atoms with Crippen LogP contribution in [0.25, 0.3) is 0 Å². The van der Waals surface area contributed by atoms with Crippen molar-refractivity contribution in [2.75, 3.05) is 7.11 Å². The molecule has 0 unspecified atom stereocenters. The number of halogens is 2. The fraction of sp³-hybridized carbons (Fsp3) is 0.188. The largest absolute Gasteiger partial charge is 0.486 e. The van der Waals surface area contributed by atoms with E-state index in [2.05, 4.69) is 4.74 Å². The van der Waals surface area contributed by atoms with Crippen LogP contribution in [0.2, 0.25) is 10.0 Å². The van der Waals surface area contributed by atoms with Crippen LogP contribution in [0, 0.1) is 6.92 Å². The number of carbonyl (C=O) groups is 1. The van der Waals surface area contributed by atoms with Crippen LogP contribution in [0.5, 0.6) is 5.75 Å². The van der Waals surface area contributed by atoms with Gasteiger partial charge in [-0.1, -0.05) is 53.0 Å². The van der Waals surface area contributed by atoms with Gasteiger partial charge in [-0.05, 0) is 24.6 Å². The maximum Gasteiger partial charge on any atom is 0.337 e. The summed E-state index contributed by atoms with van der Waals surface area (Å²) in [5.41, 5.74) is 2.47. The molecule has 0 amide bonds. The van der Waals surface area contributed by atoms with Gasteiger partial charge in [-0.3, -0.25) is 0 Å². The van der Waals surface area contributed by atoms with Gasteiger partial charge in [-0.2, -0.15) is 0 Å². The fourth-order valence-corrected chi connectivity index (χ4v) is 2.37. The first-order chi connectivity index (χ1) is 10.0. The number of aryl methyl sites for hydroxylation is 1. The Balaban J connectivity index is 2.17. The third-order valence-electron chi connectivity index (χ3n) is 2.92. The van der Waals surface area contributed by atoms with Gasteiger partial charge in [0.1, 0.15) is 6.61 Å². The summed E-state index contributed by atoms with van der Waals surface area (Å²) in [7, 11) is 1.30. The fourth-order valence-electron chi connectivity index (χ4n) is 1.77. The molecule has 2 rings (SSSR count). The number of carbonyl (C=O) groups excluding carboxylic acids is 1. The van der Waals surface area contributed by atoms with Gasteiger partial charge < -0.3 is 9.47 Å². The summed E-state index contributed by atoms with van der Waals surface area (Å²) in [4.78, 5) is 11.5. The van der Waals surface area contributed by atoms with E-state index in [1.54, 1.807) is 0 Å². The normalized spacial score (nSPS) is 10.3. The van der Waals surface area contributed by atoms with Gasteiger partial charge in [0.05, 0.1) is 22.7 Å². The predicted octanol–water partition coefficient (Wildman–Crippen LogP) is 4.67. The second kappa shape index (κ2) is 6.83. The molecule has 0 bridgehead atoms. The molecule has 0 radical (unpaired) electrons. The van der Waals surface area contributed by atoms with Crippen LogP contribution in [0.3, 0.4) is 0 Å². The number of hydrogen-bond donors (Lipinski definition) is 0. The lowest BCUT2D eigenvalue weighted by molar-refractivity contribution is 0.0600. The van der Waals surface area contributed by atoms with E-state index in [1.807, 2.05) is 31.2 Å². The highest BCUT2D eigenvalue weighted by atomic mass is 35.5. The van der Waals surface area contributed by atoms with Gasteiger partial charge in [0.15, 0.2) is 5.75 Å². The van der Waals surface area contributed by atoms with Crippen LogP contribution in [0.4, 0.5) is 0 Å². The molecule has 0 fully saturated rings. The van der Waals surface area contributed by atoms with Crippen molar-refractivity contribution in [1.29, 1.82) is 0 Å². The molecule has 0 atom stereocenters. The van der Waals surface area contributed by atoms with Crippen LogP contribution in [0.1, 0.15) is 21.5 Å². The Morgan fingerprint density at radius 3 is 2.19 bits per heavy atom. The van der Waals surface area contributed by atoms with Crippen molar-refractivity contribution < 1.29 is 14.3 Å². The standard InChI is InChI=1S/C16H14Cl2O3/c1-10-3-5-11(6-4-10)9-21-15-13(17)7-12(8-14(15)18)16(19)20-2/h3-8H,9H2,1-2H3. The molecular weight excluding hydrogens is 311 g/mol. The first kappa shape index (κ1) is 15.7. The lowest BCUT2D eigenvalue weighted by Gasteiger charge is -2.11. The molecule has 0 N–H and O–H groups in total. The second-order valence-corrected chi connectivity index (χ2v) is 5.35. The summed E-state index contributed by atoms with van der Waals surface area (Å²) in [6, 6.07) is 10.9. The number of methoxy groups -OCH3 is 1. The molecule has 5 heteroatoms. The van der Waals surface area contributed by atoms with Gasteiger partial charge in [0, 0.05) is 0 Å². The summed E-state index contributed by atoms with van der Waals surface area (Å²) in [5, 5.41) is 0.546. The Bertz CT molecular complexity index is 628. The van der Waals surface area contributed by atoms with Gasteiger partial charge >= 0.3 is 5.97 Å². The van der Waals surface area contributed by atoms with Crippen LogP contribution in [-0.2, 0) is 11.3 Å². The third-order valence-corrected chi connectivity index (χ3v) is 3.48.